The first kappa shape index (κ1) is 16.1. The topological polar surface area (TPSA) is 52.7 Å². The number of carbonyl (C=O) groups excluding carboxylic acids is 2. The lowest BCUT2D eigenvalue weighted by atomic mass is 10.3. The number of hydrogen-bond acceptors (Lipinski definition) is 3. The fraction of sp³-hybridized carbons (Fsp3) is 0.429. The number of halogens is 2. The van der Waals surface area contributed by atoms with E-state index in [4.69, 9.17) is 23.2 Å². The summed E-state index contributed by atoms with van der Waals surface area (Å²) in [6, 6.07) is 4.71. The Balaban J connectivity index is 1.97. The zero-order valence-corrected chi connectivity index (χ0v) is 13.2. The molecule has 0 saturated carbocycles. The third kappa shape index (κ3) is 4.09. The second-order valence-electron chi connectivity index (χ2n) is 4.80. The van der Waals surface area contributed by atoms with Gasteiger partial charge in [-0.25, -0.2) is 0 Å². The molecule has 0 atom stereocenters. The number of benzene rings is 1. The summed E-state index contributed by atoms with van der Waals surface area (Å²) in [5.41, 5.74) is 0.342. The Kier molecular flexibility index (Phi) is 5.45. The number of nitrogens with one attached hydrogen (secondary N) is 1. The van der Waals surface area contributed by atoms with Crippen molar-refractivity contribution < 1.29 is 9.59 Å². The Morgan fingerprint density at radius 3 is 2.48 bits per heavy atom. The molecule has 0 aromatic heterocycles. The van der Waals surface area contributed by atoms with Gasteiger partial charge in [-0.15, -0.1) is 0 Å². The van der Waals surface area contributed by atoms with Crippen molar-refractivity contribution in [3.8, 4) is 0 Å². The highest BCUT2D eigenvalue weighted by molar-refractivity contribution is 6.42. The molecule has 1 aliphatic rings. The summed E-state index contributed by atoms with van der Waals surface area (Å²) in [5.74, 6) is -1.23. The second-order valence-corrected chi connectivity index (χ2v) is 5.65. The Labute approximate surface area is 133 Å². The molecular formula is C14H17Cl2N3O2. The number of rotatable bonds is 2. The molecule has 1 fully saturated rings. The van der Waals surface area contributed by atoms with Crippen molar-refractivity contribution in [1.82, 2.24) is 9.80 Å². The summed E-state index contributed by atoms with van der Waals surface area (Å²) in [4.78, 5) is 27.9. The molecule has 2 amide bonds. The van der Waals surface area contributed by atoms with Gasteiger partial charge < -0.3 is 15.1 Å². The fourth-order valence-electron chi connectivity index (χ4n) is 2.18. The van der Waals surface area contributed by atoms with Gasteiger partial charge >= 0.3 is 11.8 Å². The van der Waals surface area contributed by atoms with E-state index in [1.165, 1.54) is 6.07 Å². The average Bonchev–Trinajstić information content (AvgIpc) is 2.50. The van der Waals surface area contributed by atoms with Crippen LogP contribution in [0, 0.1) is 0 Å². The minimum absolute atomic E-state index is 0.342. The van der Waals surface area contributed by atoms with Crippen LogP contribution in [0.1, 0.15) is 6.92 Å². The van der Waals surface area contributed by atoms with E-state index in [9.17, 15) is 9.59 Å². The van der Waals surface area contributed by atoms with Crippen molar-refractivity contribution in [1.29, 1.82) is 0 Å². The third-order valence-corrected chi connectivity index (χ3v) is 4.04. The molecule has 1 aliphatic heterocycles. The summed E-state index contributed by atoms with van der Waals surface area (Å²) in [6.45, 7) is 5.71. The van der Waals surface area contributed by atoms with Crippen LogP contribution in [-0.4, -0.2) is 54.3 Å². The van der Waals surface area contributed by atoms with Gasteiger partial charge in [0.1, 0.15) is 0 Å². The Morgan fingerprint density at radius 1 is 1.19 bits per heavy atom. The molecular weight excluding hydrogens is 313 g/mol. The summed E-state index contributed by atoms with van der Waals surface area (Å²) >= 11 is 11.8. The number of likely N-dealkylation sites (N-methyl/N-ethyl adjacent to an activating group) is 1. The fourth-order valence-corrected chi connectivity index (χ4v) is 2.52. The van der Waals surface area contributed by atoms with Crippen molar-refractivity contribution >= 4 is 40.7 Å². The van der Waals surface area contributed by atoms with Crippen molar-refractivity contribution in [3.05, 3.63) is 28.2 Å². The first-order chi connectivity index (χ1) is 10.0. The van der Waals surface area contributed by atoms with Gasteiger partial charge in [0.2, 0.25) is 0 Å². The third-order valence-electron chi connectivity index (χ3n) is 3.48. The van der Waals surface area contributed by atoms with Crippen molar-refractivity contribution in [3.63, 3.8) is 0 Å². The molecule has 1 aromatic carbocycles. The normalized spacial score (nSPS) is 15.9. The number of hydrogen-bond donors (Lipinski definition) is 1. The molecule has 114 valence electrons. The maximum Gasteiger partial charge on any atom is 0.313 e. The van der Waals surface area contributed by atoms with E-state index in [2.05, 4.69) is 17.1 Å². The van der Waals surface area contributed by atoms with E-state index in [1.807, 2.05) is 0 Å². The molecule has 1 aromatic rings. The van der Waals surface area contributed by atoms with Crippen molar-refractivity contribution in [2.75, 3.05) is 38.0 Å². The molecule has 21 heavy (non-hydrogen) atoms. The zero-order valence-electron chi connectivity index (χ0n) is 11.7. The summed E-state index contributed by atoms with van der Waals surface area (Å²) in [6.07, 6.45) is 0. The largest absolute Gasteiger partial charge is 0.332 e. The van der Waals surface area contributed by atoms with Gasteiger partial charge in [-0.1, -0.05) is 30.1 Å². The smallest absolute Gasteiger partial charge is 0.313 e. The monoisotopic (exact) mass is 329 g/mol. The van der Waals surface area contributed by atoms with Crippen molar-refractivity contribution in [2.45, 2.75) is 6.92 Å². The van der Waals surface area contributed by atoms with Gasteiger partial charge in [-0.3, -0.25) is 9.59 Å². The lowest BCUT2D eigenvalue weighted by Gasteiger charge is -2.33. The number of carbonyl (C=O) groups is 2. The molecule has 1 saturated heterocycles. The SMILES string of the molecule is CCN1CCN(C(=O)C(=O)Nc2cc(Cl)ccc2Cl)CC1. The highest BCUT2D eigenvalue weighted by atomic mass is 35.5. The maximum atomic E-state index is 12.1. The van der Waals surface area contributed by atoms with Gasteiger partial charge in [-0.2, -0.15) is 0 Å². The highest BCUT2D eigenvalue weighted by Gasteiger charge is 2.25. The van der Waals surface area contributed by atoms with E-state index in [0.29, 0.717) is 28.8 Å². The molecule has 0 spiro atoms. The molecule has 0 bridgehead atoms. The van der Waals surface area contributed by atoms with Gasteiger partial charge in [0.05, 0.1) is 10.7 Å². The number of nitrogens with zero attached hydrogens (tertiary/aromatic N) is 2. The molecule has 0 aliphatic carbocycles. The molecule has 5 nitrogen and oxygen atoms in total. The number of piperazine rings is 1. The van der Waals surface area contributed by atoms with Crippen LogP contribution < -0.4 is 5.32 Å². The highest BCUT2D eigenvalue weighted by Crippen LogP contribution is 2.25. The predicted molar refractivity (Wildman–Crippen MR) is 83.8 cm³/mol. The first-order valence-electron chi connectivity index (χ1n) is 6.79. The van der Waals surface area contributed by atoms with Crippen LogP contribution >= 0.6 is 23.2 Å². The van der Waals surface area contributed by atoms with Crippen LogP contribution in [0.25, 0.3) is 0 Å². The van der Waals surface area contributed by atoms with E-state index >= 15 is 0 Å². The van der Waals surface area contributed by atoms with Crippen LogP contribution in [0.15, 0.2) is 18.2 Å². The Morgan fingerprint density at radius 2 is 1.86 bits per heavy atom. The molecule has 1 heterocycles. The summed E-state index contributed by atoms with van der Waals surface area (Å²) in [5, 5.41) is 3.30. The summed E-state index contributed by atoms with van der Waals surface area (Å²) < 4.78 is 0. The molecule has 2 rings (SSSR count). The van der Waals surface area contributed by atoms with E-state index in [-0.39, 0.29) is 0 Å². The van der Waals surface area contributed by atoms with Gasteiger partial charge in [-0.05, 0) is 24.7 Å². The van der Waals surface area contributed by atoms with Gasteiger partial charge in [0.25, 0.3) is 0 Å². The lowest BCUT2D eigenvalue weighted by Crippen LogP contribution is -2.51. The molecule has 0 radical (unpaired) electrons. The standard InChI is InChI=1S/C14H17Cl2N3O2/c1-2-18-5-7-19(8-6-18)14(21)13(20)17-12-9-10(15)3-4-11(12)16/h3-4,9H,2,5-8H2,1H3,(H,17,20). The zero-order chi connectivity index (χ0) is 15.4. The van der Waals surface area contributed by atoms with E-state index < -0.39 is 11.8 Å². The maximum absolute atomic E-state index is 12.1. The molecule has 1 N–H and O–H groups in total. The number of amides is 2. The van der Waals surface area contributed by atoms with Crippen LogP contribution in [0.5, 0.6) is 0 Å². The molecule has 0 unspecified atom stereocenters. The quantitative estimate of drug-likeness (QED) is 0.845. The van der Waals surface area contributed by atoms with Crippen molar-refractivity contribution in [2.24, 2.45) is 0 Å². The van der Waals surface area contributed by atoms with Crippen LogP contribution in [0.2, 0.25) is 10.0 Å². The summed E-state index contributed by atoms with van der Waals surface area (Å²) in [7, 11) is 0. The predicted octanol–water partition coefficient (Wildman–Crippen LogP) is 2.10. The van der Waals surface area contributed by atoms with Crippen LogP contribution in [0.3, 0.4) is 0 Å². The molecule has 7 heteroatoms. The minimum Gasteiger partial charge on any atom is -0.332 e. The van der Waals surface area contributed by atoms with E-state index in [1.54, 1.807) is 17.0 Å². The first-order valence-corrected chi connectivity index (χ1v) is 7.54. The second kappa shape index (κ2) is 7.11. The average molecular weight is 330 g/mol. The Hall–Kier alpha value is -1.30. The minimum atomic E-state index is -0.691. The van der Waals surface area contributed by atoms with Crippen LogP contribution in [-0.2, 0) is 9.59 Å². The van der Waals surface area contributed by atoms with Gasteiger partial charge in [0, 0.05) is 31.2 Å². The van der Waals surface area contributed by atoms with Crippen LogP contribution in [0.4, 0.5) is 5.69 Å². The van der Waals surface area contributed by atoms with E-state index in [0.717, 1.165) is 19.6 Å². The van der Waals surface area contributed by atoms with Gasteiger partial charge in [0.15, 0.2) is 0 Å². The Bertz CT molecular complexity index is 543. The lowest BCUT2D eigenvalue weighted by molar-refractivity contribution is -0.144. The number of anilines is 1.